The summed E-state index contributed by atoms with van der Waals surface area (Å²) in [6.45, 7) is 0. The molecule has 0 aliphatic heterocycles. The Balaban J connectivity index is 1.94. The molecule has 4 aromatic rings. The van der Waals surface area contributed by atoms with Crippen molar-refractivity contribution in [3.05, 3.63) is 51.2 Å². The molecule has 22 heavy (non-hydrogen) atoms. The van der Waals surface area contributed by atoms with Gasteiger partial charge in [-0.05, 0) is 46.9 Å². The largest absolute Gasteiger partial charge is 0.361 e. The summed E-state index contributed by atoms with van der Waals surface area (Å²) in [6, 6.07) is 12.4. The van der Waals surface area contributed by atoms with Crippen molar-refractivity contribution in [2.75, 3.05) is 5.32 Å². The van der Waals surface area contributed by atoms with Gasteiger partial charge in [0.1, 0.15) is 10.9 Å². The fourth-order valence-corrected chi connectivity index (χ4v) is 4.18. The van der Waals surface area contributed by atoms with Crippen LogP contribution in [0.5, 0.6) is 0 Å². The Labute approximate surface area is 143 Å². The number of nitriles is 1. The van der Waals surface area contributed by atoms with E-state index in [9.17, 15) is 5.26 Å². The van der Waals surface area contributed by atoms with E-state index in [-0.39, 0.29) is 0 Å². The van der Waals surface area contributed by atoms with E-state index in [1.54, 1.807) is 17.5 Å². The summed E-state index contributed by atoms with van der Waals surface area (Å²) in [5.41, 5.74) is 3.41. The van der Waals surface area contributed by atoms with Crippen molar-refractivity contribution in [2.24, 2.45) is 0 Å². The Morgan fingerprint density at radius 3 is 3.05 bits per heavy atom. The number of pyridine rings is 1. The lowest BCUT2D eigenvalue weighted by Gasteiger charge is -2.10. The zero-order valence-corrected chi connectivity index (χ0v) is 14.2. The molecule has 0 saturated heterocycles. The number of H-pyrrole nitrogens is 1. The first-order valence-corrected chi connectivity index (χ1v) is 8.47. The zero-order valence-electron chi connectivity index (χ0n) is 11.2. The molecule has 4 rings (SSSR count). The molecule has 0 radical (unpaired) electrons. The summed E-state index contributed by atoms with van der Waals surface area (Å²) < 4.78 is 1.15. The number of nitrogens with zero attached hydrogens (tertiary/aromatic N) is 2. The van der Waals surface area contributed by atoms with Crippen molar-refractivity contribution < 1.29 is 0 Å². The second kappa shape index (κ2) is 5.26. The van der Waals surface area contributed by atoms with Gasteiger partial charge >= 0.3 is 0 Å². The first-order chi connectivity index (χ1) is 10.8. The van der Waals surface area contributed by atoms with Crippen LogP contribution in [0, 0.1) is 14.2 Å². The maximum absolute atomic E-state index is 9.40. The van der Waals surface area contributed by atoms with Crippen molar-refractivity contribution >= 4 is 66.4 Å². The van der Waals surface area contributed by atoms with Gasteiger partial charge in [-0.2, -0.15) is 5.26 Å². The van der Waals surface area contributed by atoms with E-state index in [2.05, 4.69) is 50.0 Å². The highest BCUT2D eigenvalue weighted by atomic mass is 127. The summed E-state index contributed by atoms with van der Waals surface area (Å²) >= 11 is 3.90. The normalized spacial score (nSPS) is 10.9. The molecule has 4 nitrogen and oxygen atoms in total. The number of aromatic nitrogens is 2. The van der Waals surface area contributed by atoms with Gasteiger partial charge < -0.3 is 10.3 Å². The molecule has 0 spiro atoms. The predicted molar refractivity (Wildman–Crippen MR) is 98.6 cm³/mol. The molecule has 3 aromatic heterocycles. The van der Waals surface area contributed by atoms with E-state index in [1.165, 1.54) is 0 Å². The van der Waals surface area contributed by atoms with E-state index < -0.39 is 0 Å². The molecule has 0 aliphatic carbocycles. The van der Waals surface area contributed by atoms with E-state index >= 15 is 0 Å². The van der Waals surface area contributed by atoms with E-state index in [4.69, 9.17) is 0 Å². The molecule has 0 aliphatic rings. The topological polar surface area (TPSA) is 64.5 Å². The van der Waals surface area contributed by atoms with E-state index in [1.807, 2.05) is 30.5 Å². The van der Waals surface area contributed by atoms with Gasteiger partial charge in [0.15, 0.2) is 0 Å². The van der Waals surface area contributed by atoms with Crippen LogP contribution in [-0.4, -0.2) is 9.97 Å². The van der Waals surface area contributed by atoms with E-state index in [0.29, 0.717) is 5.56 Å². The van der Waals surface area contributed by atoms with Crippen LogP contribution in [-0.2, 0) is 0 Å². The first kappa shape index (κ1) is 13.5. The molecule has 0 atom stereocenters. The predicted octanol–water partition coefficient (Wildman–Crippen LogP) is 5.00. The van der Waals surface area contributed by atoms with Gasteiger partial charge in [0.05, 0.1) is 14.1 Å². The SMILES string of the molecule is N#Cc1cnc2sc(I)cc2c1Nc1cccc2[nH]ccc12. The minimum atomic E-state index is 0.550. The van der Waals surface area contributed by atoms with Crippen LogP contribution < -0.4 is 5.32 Å². The molecule has 1 aromatic carbocycles. The second-order valence-corrected chi connectivity index (χ2v) is 7.72. The summed E-state index contributed by atoms with van der Waals surface area (Å²) in [4.78, 5) is 8.51. The summed E-state index contributed by atoms with van der Waals surface area (Å²) in [6.07, 6.45) is 3.55. The number of halogens is 1. The van der Waals surface area contributed by atoms with Gasteiger partial charge in [0.2, 0.25) is 0 Å². The maximum atomic E-state index is 9.40. The number of benzene rings is 1. The van der Waals surface area contributed by atoms with Gasteiger partial charge in [-0.1, -0.05) is 6.07 Å². The van der Waals surface area contributed by atoms with Crippen molar-refractivity contribution in [1.29, 1.82) is 5.26 Å². The average Bonchev–Trinajstić information content (AvgIpc) is 3.13. The smallest absolute Gasteiger partial charge is 0.126 e. The van der Waals surface area contributed by atoms with Crippen molar-refractivity contribution in [1.82, 2.24) is 9.97 Å². The Morgan fingerprint density at radius 2 is 2.18 bits per heavy atom. The van der Waals surface area contributed by atoms with Gasteiger partial charge in [-0.3, -0.25) is 0 Å². The van der Waals surface area contributed by atoms with Gasteiger partial charge in [-0.15, -0.1) is 11.3 Å². The summed E-state index contributed by atoms with van der Waals surface area (Å²) in [5.74, 6) is 0. The molecule has 0 fully saturated rings. The highest BCUT2D eigenvalue weighted by Gasteiger charge is 2.13. The number of hydrogen-bond donors (Lipinski definition) is 2. The third-order valence-electron chi connectivity index (χ3n) is 3.51. The second-order valence-electron chi connectivity index (χ2n) is 4.80. The summed E-state index contributed by atoms with van der Waals surface area (Å²) in [5, 5.41) is 14.9. The van der Waals surface area contributed by atoms with Gasteiger partial charge in [-0.25, -0.2) is 4.98 Å². The van der Waals surface area contributed by atoms with Gasteiger partial charge in [0.25, 0.3) is 0 Å². The fourth-order valence-electron chi connectivity index (χ4n) is 2.51. The minimum Gasteiger partial charge on any atom is -0.361 e. The molecule has 0 saturated carbocycles. The molecule has 0 bridgehead atoms. The lowest BCUT2D eigenvalue weighted by molar-refractivity contribution is 1.39. The monoisotopic (exact) mass is 416 g/mol. The Morgan fingerprint density at radius 1 is 1.27 bits per heavy atom. The Hall–Kier alpha value is -2.11. The average molecular weight is 416 g/mol. The third kappa shape index (κ3) is 2.14. The van der Waals surface area contributed by atoms with Crippen LogP contribution in [0.2, 0.25) is 0 Å². The lowest BCUT2D eigenvalue weighted by atomic mass is 10.1. The van der Waals surface area contributed by atoms with Crippen LogP contribution in [0.3, 0.4) is 0 Å². The Bertz CT molecular complexity index is 1040. The van der Waals surface area contributed by atoms with Crippen molar-refractivity contribution in [3.8, 4) is 6.07 Å². The maximum Gasteiger partial charge on any atom is 0.126 e. The molecule has 106 valence electrons. The molecule has 6 heteroatoms. The summed E-state index contributed by atoms with van der Waals surface area (Å²) in [7, 11) is 0. The Kier molecular flexibility index (Phi) is 3.24. The highest BCUT2D eigenvalue weighted by Crippen LogP contribution is 2.35. The number of anilines is 2. The highest BCUT2D eigenvalue weighted by molar-refractivity contribution is 14.1. The van der Waals surface area contributed by atoms with Crippen molar-refractivity contribution in [2.45, 2.75) is 0 Å². The number of rotatable bonds is 2. The quantitative estimate of drug-likeness (QED) is 0.452. The fraction of sp³-hybridized carbons (Fsp3) is 0. The molecule has 0 unspecified atom stereocenters. The lowest BCUT2D eigenvalue weighted by Crippen LogP contribution is -1.95. The number of nitrogens with one attached hydrogen (secondary N) is 2. The molecular formula is C16H9IN4S. The molecular weight excluding hydrogens is 407 g/mol. The zero-order chi connectivity index (χ0) is 15.1. The van der Waals surface area contributed by atoms with Gasteiger partial charge in [0, 0.05) is 34.4 Å². The minimum absolute atomic E-state index is 0.550. The number of thiophene rings is 1. The van der Waals surface area contributed by atoms with Crippen LogP contribution in [0.25, 0.3) is 21.1 Å². The number of hydrogen-bond acceptors (Lipinski definition) is 4. The first-order valence-electron chi connectivity index (χ1n) is 6.57. The number of aromatic amines is 1. The van der Waals surface area contributed by atoms with Crippen LogP contribution in [0.4, 0.5) is 11.4 Å². The van der Waals surface area contributed by atoms with Crippen LogP contribution in [0.15, 0.2) is 42.7 Å². The van der Waals surface area contributed by atoms with E-state index in [0.717, 1.165) is 35.4 Å². The van der Waals surface area contributed by atoms with Crippen LogP contribution >= 0.6 is 33.9 Å². The van der Waals surface area contributed by atoms with Crippen LogP contribution in [0.1, 0.15) is 5.56 Å². The standard InChI is InChI=1S/C16H9IN4S/c17-14-6-11-15(9(7-18)8-20-16(11)22-14)21-13-3-1-2-12-10(13)4-5-19-12/h1-6,8,19H,(H,20,21). The third-order valence-corrected chi connectivity index (χ3v) is 5.31. The molecule has 3 heterocycles. The van der Waals surface area contributed by atoms with Crippen molar-refractivity contribution in [3.63, 3.8) is 0 Å². The molecule has 0 amide bonds. The number of fused-ring (bicyclic) bond motifs is 2. The molecule has 2 N–H and O–H groups in total.